The summed E-state index contributed by atoms with van der Waals surface area (Å²) in [4.78, 5) is 12.2. The average molecular weight is 429 g/mol. The van der Waals surface area contributed by atoms with E-state index in [-0.39, 0.29) is 0 Å². The van der Waals surface area contributed by atoms with E-state index < -0.39 is 61.0 Å². The molecule has 1 aromatic carbocycles. The molecule has 5 nitrogen and oxygen atoms in total. The maximum Gasteiger partial charge on any atom is 0.603 e. The van der Waals surface area contributed by atoms with Gasteiger partial charge < -0.3 is 13.3 Å². The zero-order chi connectivity index (χ0) is 21.9. The van der Waals surface area contributed by atoms with E-state index >= 15 is 8.78 Å². The Kier molecular flexibility index (Phi) is 8.12. The highest BCUT2D eigenvalue weighted by Gasteiger charge is 2.72. The van der Waals surface area contributed by atoms with E-state index in [2.05, 4.69) is 0 Å². The number of halogens is 5. The van der Waals surface area contributed by atoms with Gasteiger partial charge in [0.15, 0.2) is 11.6 Å². The molecule has 0 aliphatic carbocycles. The van der Waals surface area contributed by atoms with Crippen LogP contribution < -0.4 is 0 Å². The lowest BCUT2D eigenvalue weighted by molar-refractivity contribution is -0.203. The maximum atomic E-state index is 15.2. The molecule has 1 amide bonds. The second kappa shape index (κ2) is 9.29. The van der Waals surface area contributed by atoms with Gasteiger partial charge in [0.1, 0.15) is 0 Å². The van der Waals surface area contributed by atoms with Crippen LogP contribution in [0.15, 0.2) is 18.2 Å². The summed E-state index contributed by atoms with van der Waals surface area (Å²) >= 11 is 0. The van der Waals surface area contributed by atoms with Crippen LogP contribution in [0.2, 0.25) is 0 Å². The van der Waals surface area contributed by atoms with Crippen LogP contribution in [-0.4, -0.2) is 43.8 Å². The zero-order valence-electron chi connectivity index (χ0n) is 16.4. The number of alkyl halides is 2. The normalized spacial score (nSPS) is 12.9. The van der Waals surface area contributed by atoms with Crippen LogP contribution in [0, 0.1) is 11.6 Å². The highest BCUT2D eigenvalue weighted by molar-refractivity contribution is 6.63. The Morgan fingerprint density at radius 1 is 0.964 bits per heavy atom. The molecule has 0 N–H and O–H groups in total. The summed E-state index contributed by atoms with van der Waals surface area (Å²) in [5, 5.41) is -1.51. The van der Waals surface area contributed by atoms with Gasteiger partial charge in [-0.1, -0.05) is 10.5 Å². The summed E-state index contributed by atoms with van der Waals surface area (Å²) < 4.78 is 87.9. The molecule has 0 saturated heterocycles. The third-order valence-electron chi connectivity index (χ3n) is 3.15. The topological polar surface area (TPSA) is 48.0 Å². The number of rotatable bonds is 9. The van der Waals surface area contributed by atoms with Crippen LogP contribution in [0.5, 0.6) is 0 Å². The zero-order valence-corrected chi connectivity index (χ0v) is 17.4. The third-order valence-corrected chi connectivity index (χ3v) is 6.43. The molecule has 0 saturated carbocycles. The Morgan fingerprint density at radius 3 is 1.79 bits per heavy atom. The Labute approximate surface area is 161 Å². The standard InChI is InChI=1S/C17H24F5NO4Si/c1-10(2)25-28(26-11(3)4,27-12(5)6)17(20,21)23(22)16(24)13-8-7-9-14(18)15(13)19/h7-12H,1-6H3. The van der Waals surface area contributed by atoms with Gasteiger partial charge in [-0.3, -0.25) is 4.79 Å². The predicted molar refractivity (Wildman–Crippen MR) is 93.0 cm³/mol. The van der Waals surface area contributed by atoms with E-state index in [1.807, 2.05) is 0 Å². The Balaban J connectivity index is 3.46. The van der Waals surface area contributed by atoms with Crippen molar-refractivity contribution in [2.24, 2.45) is 0 Å². The molecule has 0 aromatic heterocycles. The van der Waals surface area contributed by atoms with Crippen LogP contribution in [0.3, 0.4) is 0 Å². The molecule has 0 aliphatic rings. The van der Waals surface area contributed by atoms with Crippen molar-refractivity contribution in [1.29, 1.82) is 0 Å². The van der Waals surface area contributed by atoms with Crippen molar-refractivity contribution in [1.82, 2.24) is 5.12 Å². The summed E-state index contributed by atoms with van der Waals surface area (Å²) in [5.74, 6) is -5.33. The van der Waals surface area contributed by atoms with Gasteiger partial charge in [-0.2, -0.15) is 8.78 Å². The van der Waals surface area contributed by atoms with Crippen molar-refractivity contribution in [2.45, 2.75) is 65.5 Å². The quantitative estimate of drug-likeness (QED) is 0.248. The largest absolute Gasteiger partial charge is 0.603 e. The first-order valence-corrected chi connectivity index (χ1v) is 10.3. The van der Waals surface area contributed by atoms with E-state index in [1.165, 1.54) is 41.5 Å². The number of carbonyl (C=O) groups is 1. The molecule has 1 aromatic rings. The number of hydrogen-bond donors (Lipinski definition) is 0. The fraction of sp³-hybridized carbons (Fsp3) is 0.588. The fourth-order valence-electron chi connectivity index (χ4n) is 2.25. The maximum absolute atomic E-state index is 15.2. The highest BCUT2D eigenvalue weighted by Crippen LogP contribution is 2.38. The van der Waals surface area contributed by atoms with Crippen LogP contribution >= 0.6 is 0 Å². The first kappa shape index (κ1) is 24.5. The van der Waals surface area contributed by atoms with Gasteiger partial charge in [0.2, 0.25) is 0 Å². The van der Waals surface area contributed by atoms with Crippen molar-refractivity contribution in [3.8, 4) is 0 Å². The first-order chi connectivity index (χ1) is 12.7. The van der Waals surface area contributed by atoms with Crippen molar-refractivity contribution in [3.05, 3.63) is 35.4 Å². The van der Waals surface area contributed by atoms with E-state index in [1.54, 1.807) is 0 Å². The smallest absolute Gasteiger partial charge is 0.366 e. The van der Waals surface area contributed by atoms with Gasteiger partial charge in [0.25, 0.3) is 5.91 Å². The van der Waals surface area contributed by atoms with Crippen molar-refractivity contribution < 1.29 is 40.1 Å². The molecule has 0 atom stereocenters. The van der Waals surface area contributed by atoms with Gasteiger partial charge in [-0.25, -0.2) is 8.78 Å². The Hall–Kier alpha value is -1.56. The molecule has 11 heteroatoms. The van der Waals surface area contributed by atoms with Crippen molar-refractivity contribution in [2.75, 3.05) is 0 Å². The monoisotopic (exact) mass is 429 g/mol. The number of benzene rings is 1. The van der Waals surface area contributed by atoms with Crippen LogP contribution in [0.1, 0.15) is 51.9 Å². The van der Waals surface area contributed by atoms with Crippen molar-refractivity contribution >= 4 is 14.7 Å². The molecule has 1 rings (SSSR count). The van der Waals surface area contributed by atoms with Gasteiger partial charge in [0.05, 0.1) is 5.56 Å². The summed E-state index contributed by atoms with van der Waals surface area (Å²) in [6.45, 7) is 8.43. The first-order valence-electron chi connectivity index (χ1n) is 8.60. The SMILES string of the molecule is CC(C)O[Si](OC(C)C)(OC(C)C)C(F)(F)N(F)C(=O)c1cccc(F)c1F. The third kappa shape index (κ3) is 5.28. The van der Waals surface area contributed by atoms with E-state index in [0.717, 1.165) is 6.07 Å². The molecule has 0 bridgehead atoms. The Morgan fingerprint density at radius 2 is 1.39 bits per heavy atom. The summed E-state index contributed by atoms with van der Waals surface area (Å²) in [5.41, 5.74) is -5.93. The van der Waals surface area contributed by atoms with Gasteiger partial charge in [-0.05, 0) is 53.7 Å². The van der Waals surface area contributed by atoms with E-state index in [4.69, 9.17) is 13.3 Å². The second-order valence-electron chi connectivity index (χ2n) is 6.78. The van der Waals surface area contributed by atoms with Crippen molar-refractivity contribution in [3.63, 3.8) is 0 Å². The molecule has 160 valence electrons. The van der Waals surface area contributed by atoms with Crippen LogP contribution in [0.25, 0.3) is 0 Å². The molecule has 28 heavy (non-hydrogen) atoms. The molecule has 0 spiro atoms. The van der Waals surface area contributed by atoms with Gasteiger partial charge in [-0.15, -0.1) is 5.12 Å². The fourth-order valence-corrected chi connectivity index (χ4v) is 5.05. The average Bonchev–Trinajstić information content (AvgIpc) is 2.53. The minimum Gasteiger partial charge on any atom is -0.366 e. The molecular formula is C17H24F5NO4Si. The number of nitrogens with zero attached hydrogens (tertiary/aromatic N) is 1. The van der Waals surface area contributed by atoms with Crippen LogP contribution in [-0.2, 0) is 13.3 Å². The molecule has 0 radical (unpaired) electrons. The predicted octanol–water partition coefficient (Wildman–Crippen LogP) is 4.64. The number of carbonyl (C=O) groups excluding carboxylic acids is 1. The minimum absolute atomic E-state index is 0.664. The second-order valence-corrected chi connectivity index (χ2v) is 9.21. The highest BCUT2D eigenvalue weighted by atomic mass is 28.4. The summed E-state index contributed by atoms with van der Waals surface area (Å²) in [6.07, 6.45) is -2.61. The van der Waals surface area contributed by atoms with Crippen LogP contribution in [0.4, 0.5) is 22.0 Å². The lowest BCUT2D eigenvalue weighted by Crippen LogP contribution is -2.69. The number of amides is 1. The molecular weight excluding hydrogens is 405 g/mol. The Bertz CT molecular complexity index is 661. The van der Waals surface area contributed by atoms with E-state index in [0.29, 0.717) is 12.1 Å². The van der Waals surface area contributed by atoms with Gasteiger partial charge >= 0.3 is 14.5 Å². The molecule has 0 unspecified atom stereocenters. The van der Waals surface area contributed by atoms with Gasteiger partial charge in [0, 0.05) is 18.3 Å². The minimum atomic E-state index is -5.22. The molecule has 0 fully saturated rings. The van der Waals surface area contributed by atoms with E-state index in [9.17, 15) is 18.1 Å². The number of hydrogen-bond acceptors (Lipinski definition) is 4. The summed E-state index contributed by atoms with van der Waals surface area (Å²) in [6, 6.07) is 2.24. The molecule has 0 heterocycles. The lowest BCUT2D eigenvalue weighted by atomic mass is 10.2. The molecule has 0 aliphatic heterocycles. The summed E-state index contributed by atoms with van der Waals surface area (Å²) in [7, 11) is -5.22. The lowest BCUT2D eigenvalue weighted by Gasteiger charge is -2.40.